The zero-order chi connectivity index (χ0) is 18.9. The minimum atomic E-state index is -3.49. The highest BCUT2D eigenvalue weighted by molar-refractivity contribution is 7.89. The van der Waals surface area contributed by atoms with Crippen LogP contribution in [0.2, 0.25) is 0 Å². The molecule has 140 valence electrons. The van der Waals surface area contributed by atoms with Gasteiger partial charge >= 0.3 is 0 Å². The van der Waals surface area contributed by atoms with Crippen molar-refractivity contribution in [2.24, 2.45) is 0 Å². The van der Waals surface area contributed by atoms with E-state index < -0.39 is 10.0 Å². The molecule has 4 rings (SSSR count). The highest BCUT2D eigenvalue weighted by Gasteiger charge is 2.28. The average molecular weight is 385 g/mol. The van der Waals surface area contributed by atoms with Crippen molar-refractivity contribution in [2.75, 3.05) is 26.2 Å². The van der Waals surface area contributed by atoms with Gasteiger partial charge in [-0.25, -0.2) is 8.42 Å². The fourth-order valence-electron chi connectivity index (χ4n) is 3.16. The Morgan fingerprint density at radius 1 is 0.889 bits per heavy atom. The zero-order valence-electron chi connectivity index (χ0n) is 14.6. The summed E-state index contributed by atoms with van der Waals surface area (Å²) in [4.78, 5) is 14.8. The van der Waals surface area contributed by atoms with Crippen molar-refractivity contribution < 1.29 is 8.42 Å². The maximum Gasteiger partial charge on any atom is 0.278 e. The van der Waals surface area contributed by atoms with Gasteiger partial charge in [0.05, 0.1) is 17.0 Å². The summed E-state index contributed by atoms with van der Waals surface area (Å²) in [6.45, 7) is 2.07. The number of sulfonamides is 1. The van der Waals surface area contributed by atoms with Gasteiger partial charge in [0, 0.05) is 26.2 Å². The van der Waals surface area contributed by atoms with Crippen molar-refractivity contribution in [2.45, 2.75) is 11.6 Å². The Bertz CT molecular complexity index is 1110. The molecule has 1 saturated heterocycles. The highest BCUT2D eigenvalue weighted by Crippen LogP contribution is 2.17. The number of aromatic nitrogens is 3. The predicted octanol–water partition coefficient (Wildman–Crippen LogP) is 0.755. The molecule has 0 spiro atoms. The first-order valence-electron chi connectivity index (χ1n) is 8.66. The molecule has 8 nitrogen and oxygen atoms in total. The molecule has 1 aliphatic rings. The minimum absolute atomic E-state index is 0.195. The molecule has 1 aromatic heterocycles. The van der Waals surface area contributed by atoms with E-state index in [9.17, 15) is 13.2 Å². The summed E-state index contributed by atoms with van der Waals surface area (Å²) in [6.07, 6.45) is 0. The standard InChI is InChI=1S/C18H19N5O3S/c24-18-16-8-4-5-9-17(16)19-20-23(18)14-21-10-12-22(13-11-21)27(25,26)15-6-2-1-3-7-15/h1-9H,10-14H2. The molecule has 2 aromatic carbocycles. The molecular formula is C18H19N5O3S. The third-order valence-corrected chi connectivity index (χ3v) is 6.59. The molecule has 0 amide bonds. The van der Waals surface area contributed by atoms with E-state index in [0.717, 1.165) is 0 Å². The fraction of sp³-hybridized carbons (Fsp3) is 0.278. The second-order valence-corrected chi connectivity index (χ2v) is 8.33. The van der Waals surface area contributed by atoms with Crippen molar-refractivity contribution in [1.29, 1.82) is 0 Å². The average Bonchev–Trinajstić information content (AvgIpc) is 2.71. The number of hydrogen-bond donors (Lipinski definition) is 0. The molecule has 1 aliphatic heterocycles. The molecule has 0 saturated carbocycles. The lowest BCUT2D eigenvalue weighted by atomic mass is 10.2. The van der Waals surface area contributed by atoms with Crippen molar-refractivity contribution in [1.82, 2.24) is 24.2 Å². The normalized spacial score (nSPS) is 16.6. The molecular weight excluding hydrogens is 366 g/mol. The summed E-state index contributed by atoms with van der Waals surface area (Å²) in [6, 6.07) is 15.5. The van der Waals surface area contributed by atoms with Crippen LogP contribution in [-0.4, -0.2) is 58.8 Å². The first-order valence-corrected chi connectivity index (χ1v) is 10.1. The van der Waals surface area contributed by atoms with E-state index in [4.69, 9.17) is 0 Å². The van der Waals surface area contributed by atoms with Gasteiger partial charge in [-0.2, -0.15) is 8.99 Å². The number of benzene rings is 2. The lowest BCUT2D eigenvalue weighted by Gasteiger charge is -2.33. The smallest absolute Gasteiger partial charge is 0.278 e. The van der Waals surface area contributed by atoms with Crippen LogP contribution >= 0.6 is 0 Å². The zero-order valence-corrected chi connectivity index (χ0v) is 15.4. The first kappa shape index (κ1) is 17.8. The van der Waals surface area contributed by atoms with E-state index in [-0.39, 0.29) is 12.2 Å². The maximum absolute atomic E-state index is 12.7. The third kappa shape index (κ3) is 3.48. The molecule has 2 heterocycles. The van der Waals surface area contributed by atoms with Crippen LogP contribution in [0.3, 0.4) is 0 Å². The van der Waals surface area contributed by atoms with Gasteiger partial charge in [0.1, 0.15) is 5.52 Å². The highest BCUT2D eigenvalue weighted by atomic mass is 32.2. The topological polar surface area (TPSA) is 88.4 Å². The van der Waals surface area contributed by atoms with Crippen LogP contribution in [0.25, 0.3) is 10.9 Å². The summed E-state index contributed by atoms with van der Waals surface area (Å²) < 4.78 is 28.2. The first-order chi connectivity index (χ1) is 13.1. The minimum Gasteiger partial charge on any atom is -0.282 e. The Kier molecular flexibility index (Phi) is 4.73. The summed E-state index contributed by atoms with van der Waals surface area (Å²) in [5.41, 5.74) is 0.373. The van der Waals surface area contributed by atoms with Crippen LogP contribution in [0.1, 0.15) is 0 Å². The molecule has 3 aromatic rings. The van der Waals surface area contributed by atoms with E-state index in [2.05, 4.69) is 10.3 Å². The molecule has 0 unspecified atom stereocenters. The van der Waals surface area contributed by atoms with E-state index >= 15 is 0 Å². The van der Waals surface area contributed by atoms with E-state index in [1.807, 2.05) is 11.0 Å². The number of piperazine rings is 1. The Morgan fingerprint density at radius 2 is 1.56 bits per heavy atom. The van der Waals surface area contributed by atoms with Gasteiger partial charge in [0.2, 0.25) is 10.0 Å². The van der Waals surface area contributed by atoms with E-state index in [0.29, 0.717) is 42.0 Å². The molecule has 0 N–H and O–H groups in total. The maximum atomic E-state index is 12.7. The van der Waals surface area contributed by atoms with Gasteiger partial charge in [-0.1, -0.05) is 35.5 Å². The Labute approximate surface area is 156 Å². The second-order valence-electron chi connectivity index (χ2n) is 6.39. The van der Waals surface area contributed by atoms with Crippen molar-refractivity contribution in [3.8, 4) is 0 Å². The SMILES string of the molecule is O=c1c2ccccc2nnn1CN1CCN(S(=O)(=O)c2ccccc2)CC1. The monoisotopic (exact) mass is 385 g/mol. The van der Waals surface area contributed by atoms with Crippen LogP contribution < -0.4 is 5.56 Å². The van der Waals surface area contributed by atoms with Gasteiger partial charge in [-0.05, 0) is 24.3 Å². The lowest BCUT2D eigenvalue weighted by Crippen LogP contribution is -2.49. The van der Waals surface area contributed by atoms with Gasteiger partial charge in [-0.3, -0.25) is 9.69 Å². The lowest BCUT2D eigenvalue weighted by molar-refractivity contribution is 0.141. The van der Waals surface area contributed by atoms with Crippen molar-refractivity contribution in [3.63, 3.8) is 0 Å². The molecule has 27 heavy (non-hydrogen) atoms. The molecule has 9 heteroatoms. The van der Waals surface area contributed by atoms with Crippen LogP contribution in [0, 0.1) is 0 Å². The predicted molar refractivity (Wildman–Crippen MR) is 101 cm³/mol. The number of hydrogen-bond acceptors (Lipinski definition) is 6. The fourth-order valence-corrected chi connectivity index (χ4v) is 4.60. The van der Waals surface area contributed by atoms with Crippen LogP contribution in [0.15, 0.2) is 64.3 Å². The third-order valence-electron chi connectivity index (χ3n) is 4.68. The molecule has 1 fully saturated rings. The summed E-state index contributed by atoms with van der Waals surface area (Å²) in [5.74, 6) is 0. The van der Waals surface area contributed by atoms with E-state index in [1.165, 1.54) is 8.99 Å². The van der Waals surface area contributed by atoms with Crippen molar-refractivity contribution >= 4 is 20.9 Å². The number of nitrogens with zero attached hydrogens (tertiary/aromatic N) is 5. The van der Waals surface area contributed by atoms with Gasteiger partial charge < -0.3 is 0 Å². The second kappa shape index (κ2) is 7.18. The van der Waals surface area contributed by atoms with E-state index in [1.54, 1.807) is 48.5 Å². The van der Waals surface area contributed by atoms with Gasteiger partial charge in [-0.15, -0.1) is 5.10 Å². The summed E-state index contributed by atoms with van der Waals surface area (Å²) in [5, 5.41) is 8.60. The Balaban J connectivity index is 1.46. The molecule has 0 bridgehead atoms. The quantitative estimate of drug-likeness (QED) is 0.659. The number of rotatable bonds is 4. The van der Waals surface area contributed by atoms with Crippen LogP contribution in [0.4, 0.5) is 0 Å². The van der Waals surface area contributed by atoms with Gasteiger partial charge in [0.15, 0.2) is 0 Å². The summed E-state index contributed by atoms with van der Waals surface area (Å²) in [7, 11) is -3.49. The molecule has 0 atom stereocenters. The Morgan fingerprint density at radius 3 is 2.30 bits per heavy atom. The van der Waals surface area contributed by atoms with Crippen LogP contribution in [-0.2, 0) is 16.7 Å². The largest absolute Gasteiger partial charge is 0.282 e. The molecule has 0 radical (unpaired) electrons. The van der Waals surface area contributed by atoms with Crippen molar-refractivity contribution in [3.05, 3.63) is 65.0 Å². The Hall–Kier alpha value is -2.62. The van der Waals surface area contributed by atoms with Gasteiger partial charge in [0.25, 0.3) is 5.56 Å². The molecule has 0 aliphatic carbocycles. The summed E-state index contributed by atoms with van der Waals surface area (Å²) >= 11 is 0. The number of fused-ring (bicyclic) bond motifs is 1. The van der Waals surface area contributed by atoms with Crippen LogP contribution in [0.5, 0.6) is 0 Å².